The number of methoxy groups -OCH3 is 3. The lowest BCUT2D eigenvalue weighted by atomic mass is 10.1. The maximum absolute atomic E-state index is 12.7. The summed E-state index contributed by atoms with van der Waals surface area (Å²) in [4.78, 5) is 16.8. The second kappa shape index (κ2) is 14.6. The summed E-state index contributed by atoms with van der Waals surface area (Å²) in [5.74, 6) is 1.50. The number of carbonyl (C=O) groups is 1. The number of amides is 2. The Bertz CT molecular complexity index is 710. The summed E-state index contributed by atoms with van der Waals surface area (Å²) in [6.45, 7) is 7.98. The van der Waals surface area contributed by atoms with Gasteiger partial charge in [0.25, 0.3) is 0 Å². The molecular formula is C25H41N3O5. The third kappa shape index (κ3) is 8.78. The first-order valence-corrected chi connectivity index (χ1v) is 11.8. The van der Waals surface area contributed by atoms with Crippen LogP contribution in [0.5, 0.6) is 17.2 Å². The van der Waals surface area contributed by atoms with Crippen molar-refractivity contribution in [2.24, 2.45) is 0 Å². The summed E-state index contributed by atoms with van der Waals surface area (Å²) in [7, 11) is 6.78. The number of piperidine rings is 1. The van der Waals surface area contributed by atoms with Crippen LogP contribution in [0.1, 0.15) is 38.5 Å². The number of likely N-dealkylation sites (tertiary alicyclic amines) is 1. The lowest BCUT2D eigenvalue weighted by molar-refractivity contribution is 0.0140. The van der Waals surface area contributed by atoms with Gasteiger partial charge in [0.2, 0.25) is 5.75 Å². The van der Waals surface area contributed by atoms with Gasteiger partial charge in [-0.2, -0.15) is 0 Å². The molecule has 0 radical (unpaired) electrons. The van der Waals surface area contributed by atoms with Crippen molar-refractivity contribution < 1.29 is 23.7 Å². The molecule has 0 aliphatic carbocycles. The Morgan fingerprint density at radius 2 is 1.73 bits per heavy atom. The molecule has 1 aromatic rings. The van der Waals surface area contributed by atoms with Gasteiger partial charge in [-0.05, 0) is 39.3 Å². The van der Waals surface area contributed by atoms with Crippen LogP contribution in [-0.2, 0) is 4.74 Å². The van der Waals surface area contributed by atoms with E-state index in [-0.39, 0.29) is 12.1 Å². The lowest BCUT2D eigenvalue weighted by Crippen LogP contribution is -2.43. The molecule has 0 bridgehead atoms. The van der Waals surface area contributed by atoms with Crippen LogP contribution in [0.2, 0.25) is 0 Å². The van der Waals surface area contributed by atoms with Crippen molar-refractivity contribution in [3.63, 3.8) is 0 Å². The van der Waals surface area contributed by atoms with E-state index in [0.717, 1.165) is 39.0 Å². The number of anilines is 1. The average molecular weight is 464 g/mol. The van der Waals surface area contributed by atoms with Gasteiger partial charge in [-0.15, -0.1) is 6.58 Å². The maximum atomic E-state index is 12.7. The molecule has 1 aliphatic heterocycles. The standard InChI is InChI=1S/C25H41N3O5/c1-6-13-27(2)14-9-7-8-10-17-33-21-11-15-28(16-12-21)25(29)26-20-18-22(30-3)24(32-5)23(19-20)31-4/h6,18-19,21H,1,7-17H2,2-5H3,(H,26,29). The van der Waals surface area contributed by atoms with E-state index in [2.05, 4.69) is 23.8 Å². The molecule has 1 aromatic carbocycles. The molecule has 33 heavy (non-hydrogen) atoms. The Hall–Kier alpha value is -2.45. The molecule has 0 atom stereocenters. The predicted molar refractivity (Wildman–Crippen MR) is 132 cm³/mol. The largest absolute Gasteiger partial charge is 0.493 e. The van der Waals surface area contributed by atoms with Crippen molar-refractivity contribution in [3.05, 3.63) is 24.8 Å². The number of rotatable bonds is 14. The quantitative estimate of drug-likeness (QED) is 0.326. The topological polar surface area (TPSA) is 72.5 Å². The van der Waals surface area contributed by atoms with Crippen molar-refractivity contribution >= 4 is 11.7 Å². The Kier molecular flexibility index (Phi) is 11.9. The number of nitrogens with zero attached hydrogens (tertiary/aromatic N) is 2. The number of benzene rings is 1. The lowest BCUT2D eigenvalue weighted by Gasteiger charge is -2.32. The second-order valence-electron chi connectivity index (χ2n) is 8.37. The van der Waals surface area contributed by atoms with Crippen LogP contribution < -0.4 is 19.5 Å². The monoisotopic (exact) mass is 463 g/mol. The summed E-state index contributed by atoms with van der Waals surface area (Å²) < 4.78 is 22.1. The number of unbranched alkanes of at least 4 members (excludes halogenated alkanes) is 3. The van der Waals surface area contributed by atoms with Crippen LogP contribution in [0.15, 0.2) is 24.8 Å². The number of hydrogen-bond donors (Lipinski definition) is 1. The van der Waals surface area contributed by atoms with E-state index in [1.807, 2.05) is 11.0 Å². The summed E-state index contributed by atoms with van der Waals surface area (Å²) in [5, 5.41) is 2.94. The molecule has 8 nitrogen and oxygen atoms in total. The van der Waals surface area contributed by atoms with Gasteiger partial charge in [-0.1, -0.05) is 18.9 Å². The molecule has 0 spiro atoms. The van der Waals surface area contributed by atoms with E-state index < -0.39 is 0 Å². The number of carbonyl (C=O) groups excluding carboxylic acids is 1. The Morgan fingerprint density at radius 3 is 2.30 bits per heavy atom. The minimum Gasteiger partial charge on any atom is -0.493 e. The van der Waals surface area contributed by atoms with Gasteiger partial charge in [0.1, 0.15) is 0 Å². The molecular weight excluding hydrogens is 422 g/mol. The van der Waals surface area contributed by atoms with E-state index in [4.69, 9.17) is 18.9 Å². The number of urea groups is 1. The molecule has 0 saturated carbocycles. The van der Waals surface area contributed by atoms with E-state index in [1.165, 1.54) is 19.3 Å². The maximum Gasteiger partial charge on any atom is 0.321 e. The Morgan fingerprint density at radius 1 is 1.09 bits per heavy atom. The summed E-state index contributed by atoms with van der Waals surface area (Å²) in [5.41, 5.74) is 0.601. The zero-order valence-corrected chi connectivity index (χ0v) is 20.7. The molecule has 2 rings (SSSR count). The van der Waals surface area contributed by atoms with Gasteiger partial charge in [0.15, 0.2) is 11.5 Å². The number of nitrogens with one attached hydrogen (secondary N) is 1. The van der Waals surface area contributed by atoms with Crippen LogP contribution in [0.3, 0.4) is 0 Å². The zero-order valence-electron chi connectivity index (χ0n) is 20.7. The van der Waals surface area contributed by atoms with Crippen molar-refractivity contribution in [2.45, 2.75) is 44.6 Å². The van der Waals surface area contributed by atoms with Crippen LogP contribution in [0, 0.1) is 0 Å². The van der Waals surface area contributed by atoms with Crippen LogP contribution in [-0.4, -0.2) is 83.1 Å². The highest BCUT2D eigenvalue weighted by Crippen LogP contribution is 2.40. The Balaban J connectivity index is 1.67. The van der Waals surface area contributed by atoms with Crippen molar-refractivity contribution in [2.75, 3.05) is 66.5 Å². The highest BCUT2D eigenvalue weighted by atomic mass is 16.5. The fourth-order valence-corrected chi connectivity index (χ4v) is 3.98. The number of likely N-dealkylation sites (N-methyl/N-ethyl adjacent to an activating group) is 1. The van der Waals surface area contributed by atoms with Crippen LogP contribution in [0.4, 0.5) is 10.5 Å². The first-order valence-electron chi connectivity index (χ1n) is 11.8. The zero-order chi connectivity index (χ0) is 24.1. The molecule has 1 fully saturated rings. The van der Waals surface area contributed by atoms with Crippen LogP contribution >= 0.6 is 0 Å². The summed E-state index contributed by atoms with van der Waals surface area (Å²) in [6.07, 6.45) is 8.60. The van der Waals surface area contributed by atoms with Gasteiger partial charge >= 0.3 is 6.03 Å². The Labute approximate surface area is 198 Å². The van der Waals surface area contributed by atoms with Crippen molar-refractivity contribution in [1.29, 1.82) is 0 Å². The first-order chi connectivity index (χ1) is 16.0. The second-order valence-corrected chi connectivity index (χ2v) is 8.37. The molecule has 2 amide bonds. The van der Waals surface area contributed by atoms with Crippen LogP contribution in [0.25, 0.3) is 0 Å². The number of ether oxygens (including phenoxy) is 4. The van der Waals surface area contributed by atoms with E-state index in [1.54, 1.807) is 33.5 Å². The molecule has 0 unspecified atom stereocenters. The average Bonchev–Trinajstić information content (AvgIpc) is 2.83. The van der Waals surface area contributed by atoms with Crippen molar-refractivity contribution in [1.82, 2.24) is 9.80 Å². The predicted octanol–water partition coefficient (Wildman–Crippen LogP) is 4.40. The van der Waals surface area contributed by atoms with E-state index in [9.17, 15) is 4.79 Å². The molecule has 1 heterocycles. The minimum absolute atomic E-state index is 0.135. The minimum atomic E-state index is -0.135. The normalized spacial score (nSPS) is 14.3. The third-order valence-corrected chi connectivity index (χ3v) is 5.87. The highest BCUT2D eigenvalue weighted by Gasteiger charge is 2.24. The van der Waals surface area contributed by atoms with E-state index in [0.29, 0.717) is 36.0 Å². The third-order valence-electron chi connectivity index (χ3n) is 5.87. The summed E-state index contributed by atoms with van der Waals surface area (Å²) in [6, 6.07) is 3.32. The molecule has 0 aromatic heterocycles. The first kappa shape index (κ1) is 26.8. The van der Waals surface area contributed by atoms with Crippen molar-refractivity contribution in [3.8, 4) is 17.2 Å². The van der Waals surface area contributed by atoms with Gasteiger partial charge in [-0.3, -0.25) is 0 Å². The molecule has 1 saturated heterocycles. The summed E-state index contributed by atoms with van der Waals surface area (Å²) >= 11 is 0. The fraction of sp³-hybridized carbons (Fsp3) is 0.640. The molecule has 186 valence electrons. The highest BCUT2D eigenvalue weighted by molar-refractivity contribution is 5.90. The van der Waals surface area contributed by atoms with Gasteiger partial charge in [-0.25, -0.2) is 4.79 Å². The SMILES string of the molecule is C=CCN(C)CCCCCCOC1CCN(C(=O)Nc2cc(OC)c(OC)c(OC)c2)CC1. The number of hydrogen-bond acceptors (Lipinski definition) is 6. The molecule has 1 N–H and O–H groups in total. The van der Waals surface area contributed by atoms with Gasteiger partial charge in [0, 0.05) is 38.4 Å². The van der Waals surface area contributed by atoms with Gasteiger partial charge in [0.05, 0.1) is 33.1 Å². The van der Waals surface area contributed by atoms with Gasteiger partial charge < -0.3 is 34.1 Å². The fourth-order valence-electron chi connectivity index (χ4n) is 3.98. The molecule has 8 heteroatoms. The smallest absolute Gasteiger partial charge is 0.321 e. The molecule has 1 aliphatic rings. The van der Waals surface area contributed by atoms with E-state index >= 15 is 0 Å².